The van der Waals surface area contributed by atoms with E-state index in [0.29, 0.717) is 19.4 Å². The Bertz CT molecular complexity index is 1300. The van der Waals surface area contributed by atoms with E-state index in [4.69, 9.17) is 4.74 Å². The number of methoxy groups -OCH3 is 1. The highest BCUT2D eigenvalue weighted by Crippen LogP contribution is 2.29. The maximum absolute atomic E-state index is 12.3. The van der Waals surface area contributed by atoms with Crippen molar-refractivity contribution in [3.8, 4) is 5.75 Å². The van der Waals surface area contributed by atoms with Crippen LogP contribution < -0.4 is 10.1 Å². The van der Waals surface area contributed by atoms with Gasteiger partial charge in [0.05, 0.1) is 13.7 Å². The van der Waals surface area contributed by atoms with Crippen LogP contribution >= 0.6 is 0 Å². The van der Waals surface area contributed by atoms with Gasteiger partial charge >= 0.3 is 0 Å². The fourth-order valence-electron chi connectivity index (χ4n) is 4.68. The van der Waals surface area contributed by atoms with Gasteiger partial charge in [-0.2, -0.15) is 0 Å². The minimum atomic E-state index is 0.00725. The summed E-state index contributed by atoms with van der Waals surface area (Å²) in [6, 6.07) is 16.5. The van der Waals surface area contributed by atoms with Crippen LogP contribution in [0.25, 0.3) is 10.8 Å². The highest BCUT2D eigenvalue weighted by molar-refractivity contribution is 5.91. The van der Waals surface area contributed by atoms with Crippen LogP contribution in [0.4, 0.5) is 0 Å². The number of pyridine rings is 1. The predicted molar refractivity (Wildman–Crippen MR) is 134 cm³/mol. The molecule has 0 saturated heterocycles. The average Bonchev–Trinajstić information content (AvgIpc) is 3.18. The van der Waals surface area contributed by atoms with Crippen molar-refractivity contribution in [2.24, 2.45) is 0 Å². The fraction of sp³-hybridized carbons (Fsp3) is 0.333. The van der Waals surface area contributed by atoms with Crippen molar-refractivity contribution in [1.29, 1.82) is 0 Å². The Morgan fingerprint density at radius 1 is 1.03 bits per heavy atom. The molecule has 0 atom stereocenters. The molecule has 1 amide bonds. The summed E-state index contributed by atoms with van der Waals surface area (Å²) in [6.45, 7) is 3.87. The van der Waals surface area contributed by atoms with E-state index in [-0.39, 0.29) is 5.91 Å². The molecular weight excluding hydrogens is 440 g/mol. The summed E-state index contributed by atoms with van der Waals surface area (Å²) in [5.41, 5.74) is 2.35. The Balaban J connectivity index is 1.19. The molecule has 0 spiro atoms. The van der Waals surface area contributed by atoms with Crippen molar-refractivity contribution < 1.29 is 9.53 Å². The lowest BCUT2D eigenvalue weighted by atomic mass is 10.0. The van der Waals surface area contributed by atoms with Gasteiger partial charge in [0, 0.05) is 56.8 Å². The van der Waals surface area contributed by atoms with Gasteiger partial charge in [0.2, 0.25) is 5.91 Å². The molecule has 180 valence electrons. The molecule has 1 aliphatic rings. The number of hydrogen-bond acceptors (Lipinski definition) is 6. The number of fused-ring (bicyclic) bond motifs is 2. The first kappa shape index (κ1) is 23.0. The molecule has 4 aromatic rings. The highest BCUT2D eigenvalue weighted by Gasteiger charge is 2.20. The van der Waals surface area contributed by atoms with Gasteiger partial charge < -0.3 is 14.6 Å². The molecule has 0 bridgehead atoms. The van der Waals surface area contributed by atoms with Crippen molar-refractivity contribution in [3.63, 3.8) is 0 Å². The summed E-state index contributed by atoms with van der Waals surface area (Å²) in [5.74, 6) is 2.70. The van der Waals surface area contributed by atoms with E-state index in [2.05, 4.69) is 60.3 Å². The molecular formula is C27H30N6O2. The maximum atomic E-state index is 12.3. The summed E-state index contributed by atoms with van der Waals surface area (Å²) < 4.78 is 7.71. The lowest BCUT2D eigenvalue weighted by Gasteiger charge is -2.21. The van der Waals surface area contributed by atoms with E-state index in [1.807, 2.05) is 18.2 Å². The quantitative estimate of drug-likeness (QED) is 0.426. The van der Waals surface area contributed by atoms with Crippen LogP contribution in [0.3, 0.4) is 0 Å². The van der Waals surface area contributed by atoms with Crippen molar-refractivity contribution in [1.82, 2.24) is 30.0 Å². The third-order valence-corrected chi connectivity index (χ3v) is 6.59. The number of aryl methyl sites for hydroxylation is 1. The molecule has 0 radical (unpaired) electrons. The Morgan fingerprint density at radius 2 is 1.91 bits per heavy atom. The number of aromatic nitrogens is 4. The van der Waals surface area contributed by atoms with Gasteiger partial charge in [-0.1, -0.05) is 36.4 Å². The van der Waals surface area contributed by atoms with Crippen molar-refractivity contribution in [2.75, 3.05) is 20.2 Å². The summed E-state index contributed by atoms with van der Waals surface area (Å²) in [5, 5.41) is 14.1. The number of ether oxygens (including phenoxy) is 1. The summed E-state index contributed by atoms with van der Waals surface area (Å²) in [7, 11) is 1.71. The molecule has 0 unspecified atom stereocenters. The Hall–Kier alpha value is -3.78. The standard InChI is InChI=1S/C27H30N6O2/c1-35-24-10-9-21(22-6-2-3-7-23(22)24)19-32-14-12-25-30-31-26(33(25)16-15-32)18-29-27(34)11-8-20-5-4-13-28-17-20/h2-7,9-10,13,17H,8,11-12,14-16,18-19H2,1H3,(H,29,34). The van der Waals surface area contributed by atoms with E-state index in [1.54, 1.807) is 19.5 Å². The predicted octanol–water partition coefficient (Wildman–Crippen LogP) is 3.14. The van der Waals surface area contributed by atoms with Crippen LogP contribution in [-0.2, 0) is 37.3 Å². The number of hydrogen-bond donors (Lipinski definition) is 1. The Labute approximate surface area is 205 Å². The zero-order valence-corrected chi connectivity index (χ0v) is 20.0. The molecule has 8 nitrogen and oxygen atoms in total. The lowest BCUT2D eigenvalue weighted by Crippen LogP contribution is -2.28. The molecule has 2 aromatic heterocycles. The molecule has 5 rings (SSSR count). The molecule has 0 aliphatic carbocycles. The second-order valence-corrected chi connectivity index (χ2v) is 8.82. The molecule has 2 aromatic carbocycles. The van der Waals surface area contributed by atoms with E-state index < -0.39 is 0 Å². The number of rotatable bonds is 8. The van der Waals surface area contributed by atoms with Crippen LogP contribution in [0.5, 0.6) is 5.75 Å². The molecule has 0 fully saturated rings. The molecule has 8 heteroatoms. The normalized spacial score (nSPS) is 13.9. The van der Waals surface area contributed by atoms with E-state index in [0.717, 1.165) is 60.9 Å². The number of nitrogens with one attached hydrogen (secondary N) is 1. The van der Waals surface area contributed by atoms with Gasteiger partial charge in [-0.25, -0.2) is 0 Å². The number of carbonyl (C=O) groups is 1. The Kier molecular flexibility index (Phi) is 6.99. The monoisotopic (exact) mass is 470 g/mol. The second kappa shape index (κ2) is 10.7. The van der Waals surface area contributed by atoms with Crippen LogP contribution in [0.2, 0.25) is 0 Å². The highest BCUT2D eigenvalue weighted by atomic mass is 16.5. The van der Waals surface area contributed by atoms with E-state index in [1.165, 1.54) is 10.9 Å². The lowest BCUT2D eigenvalue weighted by molar-refractivity contribution is -0.121. The van der Waals surface area contributed by atoms with Crippen molar-refractivity contribution in [2.45, 2.75) is 38.9 Å². The zero-order valence-electron chi connectivity index (χ0n) is 20.0. The Morgan fingerprint density at radius 3 is 2.74 bits per heavy atom. The smallest absolute Gasteiger partial charge is 0.220 e. The molecule has 1 N–H and O–H groups in total. The van der Waals surface area contributed by atoms with E-state index >= 15 is 0 Å². The second-order valence-electron chi connectivity index (χ2n) is 8.82. The number of nitrogens with zero attached hydrogens (tertiary/aromatic N) is 5. The topological polar surface area (TPSA) is 85.2 Å². The largest absolute Gasteiger partial charge is 0.496 e. The number of carbonyl (C=O) groups excluding carboxylic acids is 1. The number of amides is 1. The fourth-order valence-corrected chi connectivity index (χ4v) is 4.68. The summed E-state index contributed by atoms with van der Waals surface area (Å²) in [4.78, 5) is 18.9. The van der Waals surface area contributed by atoms with E-state index in [9.17, 15) is 4.79 Å². The SMILES string of the molecule is COc1ccc(CN2CCc3nnc(CNC(=O)CCc4cccnc4)n3CC2)c2ccccc12. The van der Waals surface area contributed by atoms with Crippen LogP contribution in [-0.4, -0.2) is 50.8 Å². The van der Waals surface area contributed by atoms with Crippen LogP contribution in [0, 0.1) is 0 Å². The van der Waals surface area contributed by atoms with Crippen LogP contribution in [0.15, 0.2) is 60.9 Å². The molecule has 3 heterocycles. The first-order valence-electron chi connectivity index (χ1n) is 12.0. The first-order chi connectivity index (χ1) is 17.2. The molecule has 35 heavy (non-hydrogen) atoms. The number of benzene rings is 2. The van der Waals surface area contributed by atoms with Gasteiger partial charge in [-0.05, 0) is 35.1 Å². The van der Waals surface area contributed by atoms with Gasteiger partial charge in [0.15, 0.2) is 5.82 Å². The third-order valence-electron chi connectivity index (χ3n) is 6.59. The van der Waals surface area contributed by atoms with Crippen molar-refractivity contribution >= 4 is 16.7 Å². The third kappa shape index (κ3) is 5.33. The first-order valence-corrected chi connectivity index (χ1v) is 12.0. The zero-order chi connectivity index (χ0) is 24.0. The van der Waals surface area contributed by atoms with Gasteiger partial charge in [0.25, 0.3) is 0 Å². The van der Waals surface area contributed by atoms with Gasteiger partial charge in [-0.15, -0.1) is 10.2 Å². The summed E-state index contributed by atoms with van der Waals surface area (Å²) in [6.07, 6.45) is 5.46. The maximum Gasteiger partial charge on any atom is 0.220 e. The van der Waals surface area contributed by atoms with Crippen LogP contribution in [0.1, 0.15) is 29.2 Å². The summed E-state index contributed by atoms with van der Waals surface area (Å²) >= 11 is 0. The van der Waals surface area contributed by atoms with Gasteiger partial charge in [-0.3, -0.25) is 14.7 Å². The van der Waals surface area contributed by atoms with Gasteiger partial charge in [0.1, 0.15) is 11.6 Å². The molecule has 1 aliphatic heterocycles. The average molecular weight is 471 g/mol. The molecule has 0 saturated carbocycles. The minimum absolute atomic E-state index is 0.00725. The minimum Gasteiger partial charge on any atom is -0.496 e. The van der Waals surface area contributed by atoms with Crippen molar-refractivity contribution in [3.05, 3.63) is 83.7 Å².